The lowest BCUT2D eigenvalue weighted by Gasteiger charge is -2.27. The molecule has 0 bridgehead atoms. The second-order valence-corrected chi connectivity index (χ2v) is 4.51. The Bertz CT molecular complexity index is 112. The molecule has 0 rings (SSSR count). The zero-order chi connectivity index (χ0) is 9.61. The molecule has 0 saturated carbocycles. The largest absolute Gasteiger partial charge is 1.00 e. The van der Waals surface area contributed by atoms with E-state index in [-0.39, 0.29) is 12.4 Å². The topological polar surface area (TPSA) is 9.23 Å². The Morgan fingerprint density at radius 3 is 2.15 bits per heavy atom. The van der Waals surface area contributed by atoms with Crippen LogP contribution in [-0.2, 0) is 4.74 Å². The second kappa shape index (κ2) is 7.60. The normalized spacial score (nSPS) is 13.6. The third kappa shape index (κ3) is 12.2. The Hall–Kier alpha value is 0.210. The monoisotopic (exact) mass is 209 g/mol. The number of halogens is 1. The van der Waals surface area contributed by atoms with E-state index >= 15 is 0 Å². The van der Waals surface area contributed by atoms with Crippen LogP contribution >= 0.6 is 0 Å². The van der Waals surface area contributed by atoms with Crippen molar-refractivity contribution in [1.29, 1.82) is 0 Å². The maximum absolute atomic E-state index is 5.64. The molecule has 1 unspecified atom stereocenters. The van der Waals surface area contributed by atoms with Crippen LogP contribution in [0.1, 0.15) is 26.7 Å². The van der Waals surface area contributed by atoms with E-state index in [0.29, 0.717) is 6.10 Å². The molecule has 0 radical (unpaired) electrons. The summed E-state index contributed by atoms with van der Waals surface area (Å²) in [6, 6.07) is 0. The summed E-state index contributed by atoms with van der Waals surface area (Å²) in [7, 11) is 6.58. The van der Waals surface area contributed by atoms with Gasteiger partial charge in [0, 0.05) is 6.61 Å². The number of likely N-dealkylation sites (N-methyl/N-ethyl adjacent to an activating group) is 1. The first-order valence-electron chi connectivity index (χ1n) is 4.87. The van der Waals surface area contributed by atoms with Crippen molar-refractivity contribution >= 4 is 0 Å². The molecule has 0 amide bonds. The first-order chi connectivity index (χ1) is 5.45. The molecular formula is C10H24ClNO. The second-order valence-electron chi connectivity index (χ2n) is 4.51. The van der Waals surface area contributed by atoms with Crippen LogP contribution in [0.2, 0.25) is 0 Å². The van der Waals surface area contributed by atoms with Gasteiger partial charge in [-0.25, -0.2) is 0 Å². The number of unbranched alkanes of at least 4 members (excludes halogenated alkanes) is 1. The van der Waals surface area contributed by atoms with Gasteiger partial charge in [-0.3, -0.25) is 0 Å². The molecule has 0 saturated heterocycles. The Morgan fingerprint density at radius 1 is 1.23 bits per heavy atom. The lowest BCUT2D eigenvalue weighted by Crippen LogP contribution is -3.00. The number of nitrogens with zero attached hydrogens (tertiary/aromatic N) is 1. The van der Waals surface area contributed by atoms with Gasteiger partial charge in [0.1, 0.15) is 12.6 Å². The standard InChI is InChI=1S/C10H24NO.ClH/c1-6-7-8-12-10(2)9-11(3,4)5;/h10H,6-9H2,1-5H3;1H/q+1;/p-1. The maximum Gasteiger partial charge on any atom is 0.104 e. The summed E-state index contributed by atoms with van der Waals surface area (Å²) in [5, 5.41) is 0. The summed E-state index contributed by atoms with van der Waals surface area (Å²) < 4.78 is 6.62. The van der Waals surface area contributed by atoms with Crippen LogP contribution in [0.4, 0.5) is 0 Å². The Kier molecular flexibility index (Phi) is 9.16. The quantitative estimate of drug-likeness (QED) is 0.399. The van der Waals surface area contributed by atoms with E-state index in [2.05, 4.69) is 35.0 Å². The Morgan fingerprint density at radius 2 is 1.77 bits per heavy atom. The predicted molar refractivity (Wildman–Crippen MR) is 53.2 cm³/mol. The van der Waals surface area contributed by atoms with Gasteiger partial charge in [-0.05, 0) is 13.3 Å². The minimum absolute atomic E-state index is 0. The highest BCUT2D eigenvalue weighted by Gasteiger charge is 2.13. The van der Waals surface area contributed by atoms with E-state index in [0.717, 1.165) is 17.6 Å². The molecule has 1 atom stereocenters. The third-order valence-corrected chi connectivity index (χ3v) is 1.71. The minimum Gasteiger partial charge on any atom is -1.00 e. The molecule has 0 aliphatic heterocycles. The Labute approximate surface area is 89.3 Å². The van der Waals surface area contributed by atoms with Gasteiger partial charge in [0.2, 0.25) is 0 Å². The molecule has 0 N–H and O–H groups in total. The van der Waals surface area contributed by atoms with Crippen LogP contribution in [-0.4, -0.2) is 44.9 Å². The maximum atomic E-state index is 5.64. The zero-order valence-corrected chi connectivity index (χ0v) is 10.4. The predicted octanol–water partition coefficient (Wildman–Crippen LogP) is -1.10. The van der Waals surface area contributed by atoms with Gasteiger partial charge in [0.05, 0.1) is 21.1 Å². The van der Waals surface area contributed by atoms with E-state index in [9.17, 15) is 0 Å². The molecule has 0 heterocycles. The molecule has 82 valence electrons. The average Bonchev–Trinajstić information content (AvgIpc) is 1.84. The Balaban J connectivity index is 0. The van der Waals surface area contributed by atoms with Crippen LogP contribution in [0.15, 0.2) is 0 Å². The number of ether oxygens (including phenoxy) is 1. The zero-order valence-electron chi connectivity index (χ0n) is 9.64. The van der Waals surface area contributed by atoms with Crippen molar-refractivity contribution in [3.05, 3.63) is 0 Å². The van der Waals surface area contributed by atoms with Gasteiger partial charge in [0.15, 0.2) is 0 Å². The summed E-state index contributed by atoms with van der Waals surface area (Å²) in [5.41, 5.74) is 0. The molecule has 0 aliphatic carbocycles. The molecule has 0 aromatic carbocycles. The average molecular weight is 210 g/mol. The first kappa shape index (κ1) is 15.7. The van der Waals surface area contributed by atoms with Crippen molar-refractivity contribution in [1.82, 2.24) is 0 Å². The summed E-state index contributed by atoms with van der Waals surface area (Å²) in [5.74, 6) is 0. The number of quaternary nitrogens is 1. The van der Waals surface area contributed by atoms with Gasteiger partial charge in [-0.2, -0.15) is 0 Å². The lowest BCUT2D eigenvalue weighted by atomic mass is 10.3. The van der Waals surface area contributed by atoms with E-state index < -0.39 is 0 Å². The van der Waals surface area contributed by atoms with Crippen molar-refractivity contribution in [2.24, 2.45) is 0 Å². The van der Waals surface area contributed by atoms with Crippen LogP contribution in [0, 0.1) is 0 Å². The van der Waals surface area contributed by atoms with Gasteiger partial charge in [-0.15, -0.1) is 0 Å². The van der Waals surface area contributed by atoms with Gasteiger partial charge in [-0.1, -0.05) is 13.3 Å². The highest BCUT2D eigenvalue weighted by molar-refractivity contribution is 4.46. The molecule has 0 aromatic rings. The number of hydrogen-bond donors (Lipinski definition) is 0. The summed E-state index contributed by atoms with van der Waals surface area (Å²) in [4.78, 5) is 0. The van der Waals surface area contributed by atoms with E-state index in [1.165, 1.54) is 12.8 Å². The van der Waals surface area contributed by atoms with Crippen molar-refractivity contribution in [2.45, 2.75) is 32.8 Å². The van der Waals surface area contributed by atoms with Gasteiger partial charge < -0.3 is 21.6 Å². The molecule has 0 spiro atoms. The summed E-state index contributed by atoms with van der Waals surface area (Å²) in [6.45, 7) is 6.34. The summed E-state index contributed by atoms with van der Waals surface area (Å²) in [6.07, 6.45) is 2.79. The fourth-order valence-corrected chi connectivity index (χ4v) is 1.25. The fraction of sp³-hybridized carbons (Fsp3) is 1.00. The van der Waals surface area contributed by atoms with E-state index in [1.807, 2.05) is 0 Å². The minimum atomic E-state index is 0. The smallest absolute Gasteiger partial charge is 0.104 e. The summed E-state index contributed by atoms with van der Waals surface area (Å²) >= 11 is 0. The van der Waals surface area contributed by atoms with Crippen LogP contribution in [0.5, 0.6) is 0 Å². The fourth-order valence-electron chi connectivity index (χ4n) is 1.25. The number of rotatable bonds is 6. The lowest BCUT2D eigenvalue weighted by molar-refractivity contribution is -0.873. The highest BCUT2D eigenvalue weighted by atomic mass is 35.5. The molecular weight excluding hydrogens is 186 g/mol. The van der Waals surface area contributed by atoms with Crippen molar-refractivity contribution in [3.63, 3.8) is 0 Å². The van der Waals surface area contributed by atoms with Crippen LogP contribution in [0.25, 0.3) is 0 Å². The van der Waals surface area contributed by atoms with E-state index in [4.69, 9.17) is 4.74 Å². The highest BCUT2D eigenvalue weighted by Crippen LogP contribution is 2.00. The van der Waals surface area contributed by atoms with Crippen molar-refractivity contribution in [2.75, 3.05) is 34.3 Å². The molecule has 0 aliphatic rings. The molecule has 0 fully saturated rings. The van der Waals surface area contributed by atoms with E-state index in [1.54, 1.807) is 0 Å². The SMILES string of the molecule is CCCCOC(C)C[N+](C)(C)C.[Cl-]. The van der Waals surface area contributed by atoms with Crippen LogP contribution < -0.4 is 12.4 Å². The molecule has 3 heteroatoms. The van der Waals surface area contributed by atoms with Crippen molar-refractivity contribution in [3.8, 4) is 0 Å². The number of hydrogen-bond acceptors (Lipinski definition) is 1. The molecule has 0 aromatic heterocycles. The van der Waals surface area contributed by atoms with Gasteiger partial charge >= 0.3 is 0 Å². The van der Waals surface area contributed by atoms with Gasteiger partial charge in [0.25, 0.3) is 0 Å². The first-order valence-corrected chi connectivity index (χ1v) is 4.87. The van der Waals surface area contributed by atoms with Crippen molar-refractivity contribution < 1.29 is 21.6 Å². The van der Waals surface area contributed by atoms with Crippen LogP contribution in [0.3, 0.4) is 0 Å². The third-order valence-electron chi connectivity index (χ3n) is 1.71. The molecule has 13 heavy (non-hydrogen) atoms. The molecule has 2 nitrogen and oxygen atoms in total.